The second-order valence-electron chi connectivity index (χ2n) is 7.99. The van der Waals surface area contributed by atoms with E-state index in [1.807, 2.05) is 0 Å². The lowest BCUT2D eigenvalue weighted by Gasteiger charge is -2.29. The van der Waals surface area contributed by atoms with Crippen LogP contribution in [-0.4, -0.2) is 45.6 Å². The molecule has 164 valence electrons. The average Bonchev–Trinajstić information content (AvgIpc) is 3.18. The molecule has 1 N–H and O–H groups in total. The van der Waals surface area contributed by atoms with E-state index < -0.39 is 0 Å². The Morgan fingerprint density at radius 1 is 1.13 bits per heavy atom. The Balaban J connectivity index is 1.64. The normalized spacial score (nSPS) is 18.9. The van der Waals surface area contributed by atoms with Crippen molar-refractivity contribution in [2.75, 3.05) is 23.7 Å². The van der Waals surface area contributed by atoms with E-state index >= 15 is 0 Å². The molecule has 2 atom stereocenters. The fourth-order valence-corrected chi connectivity index (χ4v) is 5.03. The predicted molar refractivity (Wildman–Crippen MR) is 125 cm³/mol. The van der Waals surface area contributed by atoms with Gasteiger partial charge in [-0.2, -0.15) is 0 Å². The molecule has 0 spiro atoms. The van der Waals surface area contributed by atoms with Crippen molar-refractivity contribution >= 4 is 23.4 Å². The number of carbonyl (C=O) groups is 1. The highest BCUT2D eigenvalue weighted by molar-refractivity contribution is 7.99. The first-order valence-corrected chi connectivity index (χ1v) is 12.3. The van der Waals surface area contributed by atoms with Gasteiger partial charge in [-0.3, -0.25) is 4.79 Å². The summed E-state index contributed by atoms with van der Waals surface area (Å²) in [5.41, 5.74) is 2.27. The molecule has 0 radical (unpaired) electrons. The molecule has 0 unspecified atom stereocenters. The third-order valence-electron chi connectivity index (χ3n) is 6.08. The third-order valence-corrected chi connectivity index (χ3v) is 7.04. The fourth-order valence-electron chi connectivity index (χ4n) is 4.21. The lowest BCUT2D eigenvalue weighted by atomic mass is 9.86. The van der Waals surface area contributed by atoms with Crippen LogP contribution >= 0.6 is 11.8 Å². The van der Waals surface area contributed by atoms with Gasteiger partial charge in [-0.15, -0.1) is 10.2 Å². The summed E-state index contributed by atoms with van der Waals surface area (Å²) in [5.74, 6) is 1.89. The molecule has 1 aromatic carbocycles. The van der Waals surface area contributed by atoms with Crippen molar-refractivity contribution in [1.82, 2.24) is 20.1 Å². The van der Waals surface area contributed by atoms with E-state index in [4.69, 9.17) is 0 Å². The van der Waals surface area contributed by atoms with Crippen LogP contribution in [0.1, 0.15) is 53.4 Å². The summed E-state index contributed by atoms with van der Waals surface area (Å²) in [6, 6.07) is 8.81. The second-order valence-corrected chi connectivity index (χ2v) is 8.94. The van der Waals surface area contributed by atoms with E-state index in [1.54, 1.807) is 0 Å². The zero-order chi connectivity index (χ0) is 21.5. The zero-order valence-corrected chi connectivity index (χ0v) is 19.5. The second kappa shape index (κ2) is 10.8. The number of thioether (sulfide) groups is 1. The van der Waals surface area contributed by atoms with Gasteiger partial charge in [0.1, 0.15) is 0 Å². The number of anilines is 1. The zero-order valence-electron chi connectivity index (χ0n) is 18.7. The Morgan fingerprint density at radius 2 is 1.83 bits per heavy atom. The van der Waals surface area contributed by atoms with Crippen LogP contribution in [0.25, 0.3) is 11.4 Å². The number of aromatic nitrogens is 3. The molecule has 1 amide bonds. The number of rotatable bonds is 9. The molecule has 1 saturated carbocycles. The van der Waals surface area contributed by atoms with Crippen LogP contribution in [0.2, 0.25) is 0 Å². The minimum Gasteiger partial charge on any atom is -0.372 e. The molecule has 1 aliphatic carbocycles. The van der Waals surface area contributed by atoms with Gasteiger partial charge in [0, 0.05) is 36.9 Å². The number of nitrogens with one attached hydrogen (secondary N) is 1. The van der Waals surface area contributed by atoms with Gasteiger partial charge in [-0.05, 0) is 63.8 Å². The van der Waals surface area contributed by atoms with Crippen molar-refractivity contribution in [3.63, 3.8) is 0 Å². The summed E-state index contributed by atoms with van der Waals surface area (Å²) < 4.78 is 2.09. The molecule has 0 saturated heterocycles. The maximum Gasteiger partial charge on any atom is 0.230 e. The van der Waals surface area contributed by atoms with Crippen molar-refractivity contribution in [3.8, 4) is 11.4 Å². The van der Waals surface area contributed by atoms with E-state index in [0.717, 1.165) is 42.6 Å². The van der Waals surface area contributed by atoms with E-state index in [0.29, 0.717) is 17.7 Å². The number of hydrogen-bond acceptors (Lipinski definition) is 5. The van der Waals surface area contributed by atoms with Gasteiger partial charge in [-0.25, -0.2) is 0 Å². The number of carbonyl (C=O) groups excluding carboxylic acids is 1. The molecular formula is C23H35N5OS. The van der Waals surface area contributed by atoms with Crippen molar-refractivity contribution < 1.29 is 4.79 Å². The molecular weight excluding hydrogens is 394 g/mol. The fraction of sp³-hybridized carbons (Fsp3) is 0.609. The topological polar surface area (TPSA) is 63.1 Å². The smallest absolute Gasteiger partial charge is 0.230 e. The Kier molecular flexibility index (Phi) is 8.19. The molecule has 0 bridgehead atoms. The van der Waals surface area contributed by atoms with Gasteiger partial charge in [-0.1, -0.05) is 31.5 Å². The van der Waals surface area contributed by atoms with Crippen LogP contribution in [0.15, 0.2) is 29.4 Å². The summed E-state index contributed by atoms with van der Waals surface area (Å²) in [6.07, 6.45) is 4.79. The van der Waals surface area contributed by atoms with Crippen molar-refractivity contribution in [1.29, 1.82) is 0 Å². The first-order valence-electron chi connectivity index (χ1n) is 11.3. The molecule has 1 aliphatic rings. The average molecular weight is 430 g/mol. The van der Waals surface area contributed by atoms with Gasteiger partial charge >= 0.3 is 0 Å². The van der Waals surface area contributed by atoms with Crippen molar-refractivity contribution in [2.45, 2.75) is 71.1 Å². The Morgan fingerprint density at radius 3 is 2.47 bits per heavy atom. The van der Waals surface area contributed by atoms with Crippen LogP contribution in [0.4, 0.5) is 5.69 Å². The predicted octanol–water partition coefficient (Wildman–Crippen LogP) is 4.60. The van der Waals surface area contributed by atoms with Crippen LogP contribution < -0.4 is 10.2 Å². The van der Waals surface area contributed by atoms with E-state index in [9.17, 15) is 4.79 Å². The van der Waals surface area contributed by atoms with E-state index in [-0.39, 0.29) is 5.91 Å². The molecule has 7 heteroatoms. The number of amides is 1. The van der Waals surface area contributed by atoms with E-state index in [1.165, 1.54) is 36.7 Å². The van der Waals surface area contributed by atoms with Gasteiger partial charge in [0.25, 0.3) is 0 Å². The highest BCUT2D eigenvalue weighted by Gasteiger charge is 2.23. The molecule has 1 heterocycles. The number of hydrogen-bond donors (Lipinski definition) is 1. The van der Waals surface area contributed by atoms with E-state index in [2.05, 4.69) is 76.9 Å². The molecule has 2 aromatic rings. The molecule has 30 heavy (non-hydrogen) atoms. The van der Waals surface area contributed by atoms with Crippen LogP contribution in [0.5, 0.6) is 0 Å². The molecule has 6 nitrogen and oxygen atoms in total. The number of nitrogens with zero attached hydrogens (tertiary/aromatic N) is 4. The Bertz CT molecular complexity index is 816. The lowest BCUT2D eigenvalue weighted by Crippen LogP contribution is -2.41. The van der Waals surface area contributed by atoms with Crippen molar-refractivity contribution in [2.24, 2.45) is 5.92 Å². The standard InChI is InChI=1S/C23H35N5OS/c1-5-27(6-2)19-14-12-18(13-15-19)22-25-26-23(28(22)7-3)30-16-21(29)24-20-11-9-8-10-17(20)4/h12-15,17,20H,5-11,16H2,1-4H3,(H,24,29)/t17-,20-/m1/s1. The molecule has 1 aromatic heterocycles. The SMILES string of the molecule is CCN(CC)c1ccc(-c2nnc(SCC(=O)N[C@@H]3CCCC[C@H]3C)n2CC)cc1. The van der Waals surface area contributed by atoms with Crippen LogP contribution in [-0.2, 0) is 11.3 Å². The Hall–Kier alpha value is -2.02. The summed E-state index contributed by atoms with van der Waals surface area (Å²) in [4.78, 5) is 14.8. The maximum absolute atomic E-state index is 12.5. The minimum absolute atomic E-state index is 0.0922. The largest absolute Gasteiger partial charge is 0.372 e. The summed E-state index contributed by atoms with van der Waals surface area (Å²) in [5, 5.41) is 12.8. The highest BCUT2D eigenvalue weighted by Crippen LogP contribution is 2.27. The van der Waals surface area contributed by atoms with Gasteiger partial charge < -0.3 is 14.8 Å². The highest BCUT2D eigenvalue weighted by atomic mass is 32.2. The summed E-state index contributed by atoms with van der Waals surface area (Å²) >= 11 is 1.47. The first-order chi connectivity index (χ1) is 14.6. The van der Waals surface area contributed by atoms with Crippen LogP contribution in [0.3, 0.4) is 0 Å². The summed E-state index contributed by atoms with van der Waals surface area (Å²) in [6.45, 7) is 11.4. The monoisotopic (exact) mass is 429 g/mol. The van der Waals surface area contributed by atoms with Gasteiger partial charge in [0.2, 0.25) is 5.91 Å². The van der Waals surface area contributed by atoms with Crippen LogP contribution in [0, 0.1) is 5.92 Å². The van der Waals surface area contributed by atoms with Gasteiger partial charge in [0.05, 0.1) is 5.75 Å². The minimum atomic E-state index is 0.0922. The first kappa shape index (κ1) is 22.7. The van der Waals surface area contributed by atoms with Crippen molar-refractivity contribution in [3.05, 3.63) is 24.3 Å². The molecule has 3 rings (SSSR count). The maximum atomic E-state index is 12.5. The Labute approximate surface area is 184 Å². The molecule has 1 fully saturated rings. The quantitative estimate of drug-likeness (QED) is 0.590. The lowest BCUT2D eigenvalue weighted by molar-refractivity contribution is -0.119. The summed E-state index contributed by atoms with van der Waals surface area (Å²) in [7, 11) is 0. The van der Waals surface area contributed by atoms with Gasteiger partial charge in [0.15, 0.2) is 11.0 Å². The molecule has 0 aliphatic heterocycles. The number of benzene rings is 1. The third kappa shape index (κ3) is 5.36.